The first-order valence-electron chi connectivity index (χ1n) is 7.14. The van der Waals surface area contributed by atoms with Crippen LogP contribution in [0.1, 0.15) is 5.56 Å². The molecular weight excluding hydrogens is 308 g/mol. The highest BCUT2D eigenvalue weighted by Gasteiger charge is 2.12. The summed E-state index contributed by atoms with van der Waals surface area (Å²) in [6, 6.07) is 13.8. The lowest BCUT2D eigenvalue weighted by atomic mass is 10.2. The van der Waals surface area contributed by atoms with Gasteiger partial charge in [-0.3, -0.25) is 0 Å². The van der Waals surface area contributed by atoms with Crippen LogP contribution in [-0.4, -0.2) is 29.9 Å². The van der Waals surface area contributed by atoms with Crippen LogP contribution in [0.5, 0.6) is 0 Å². The Labute approximate surface area is 134 Å². The monoisotopic (exact) mass is 318 g/mol. The van der Waals surface area contributed by atoms with Crippen LogP contribution in [0.15, 0.2) is 42.5 Å². The lowest BCUT2D eigenvalue weighted by Crippen LogP contribution is -1.97. The summed E-state index contributed by atoms with van der Waals surface area (Å²) >= 11 is 1.44. The molecule has 2 aromatic carbocycles. The second kappa shape index (κ2) is 4.53. The smallest absolute Gasteiger partial charge is 0.232 e. The maximum absolute atomic E-state index is 4.62. The molecule has 0 aliphatic heterocycles. The van der Waals surface area contributed by atoms with Gasteiger partial charge in [-0.05, 0) is 36.8 Å². The second-order valence-corrected chi connectivity index (χ2v) is 6.28. The van der Waals surface area contributed by atoms with Crippen LogP contribution in [0.25, 0.3) is 37.7 Å². The number of fused-ring (bicyclic) bond motifs is 3. The molecule has 0 saturated carbocycles. The van der Waals surface area contributed by atoms with Gasteiger partial charge in [0.1, 0.15) is 11.0 Å². The molecule has 3 aromatic heterocycles. The van der Waals surface area contributed by atoms with Crippen molar-refractivity contribution in [3.8, 4) is 5.13 Å². The third-order valence-electron chi connectivity index (χ3n) is 3.62. The Morgan fingerprint density at radius 1 is 0.826 bits per heavy atom. The molecule has 0 atom stereocenters. The van der Waals surface area contributed by atoms with Crippen LogP contribution in [0.4, 0.5) is 0 Å². The molecule has 3 heterocycles. The van der Waals surface area contributed by atoms with E-state index < -0.39 is 0 Å². The van der Waals surface area contributed by atoms with Gasteiger partial charge in [0.05, 0.1) is 11.0 Å². The van der Waals surface area contributed by atoms with Gasteiger partial charge in [-0.15, -0.1) is 15.0 Å². The Balaban J connectivity index is 1.73. The van der Waals surface area contributed by atoms with E-state index in [2.05, 4.69) is 25.1 Å². The summed E-state index contributed by atoms with van der Waals surface area (Å²) in [5.41, 5.74) is 5.19. The van der Waals surface area contributed by atoms with Crippen molar-refractivity contribution in [1.29, 1.82) is 0 Å². The molecule has 7 heteroatoms. The quantitative estimate of drug-likeness (QED) is 0.474. The normalized spacial score (nSPS) is 11.7. The van der Waals surface area contributed by atoms with Crippen molar-refractivity contribution >= 4 is 43.9 Å². The van der Waals surface area contributed by atoms with Gasteiger partial charge in [-0.25, -0.2) is 9.97 Å². The van der Waals surface area contributed by atoms with Crippen LogP contribution >= 0.6 is 11.3 Å². The average molecular weight is 318 g/mol. The third-order valence-corrected chi connectivity index (χ3v) is 4.52. The van der Waals surface area contributed by atoms with Crippen molar-refractivity contribution in [3.63, 3.8) is 0 Å². The zero-order chi connectivity index (χ0) is 15.4. The molecule has 0 saturated heterocycles. The fourth-order valence-electron chi connectivity index (χ4n) is 2.51. The zero-order valence-corrected chi connectivity index (χ0v) is 12.9. The van der Waals surface area contributed by atoms with Gasteiger partial charge in [0.2, 0.25) is 5.13 Å². The number of aryl methyl sites for hydroxylation is 1. The molecule has 6 nitrogen and oxygen atoms in total. The molecule has 5 aromatic rings. The highest BCUT2D eigenvalue weighted by atomic mass is 32.1. The van der Waals surface area contributed by atoms with Gasteiger partial charge in [-0.1, -0.05) is 29.5 Å². The second-order valence-electron chi connectivity index (χ2n) is 5.32. The summed E-state index contributed by atoms with van der Waals surface area (Å²) in [5.74, 6) is 0. The predicted molar refractivity (Wildman–Crippen MR) is 89.9 cm³/mol. The topological polar surface area (TPSA) is 69.4 Å². The van der Waals surface area contributed by atoms with Crippen molar-refractivity contribution in [2.75, 3.05) is 0 Å². The number of aromatic nitrogens is 6. The Morgan fingerprint density at radius 3 is 2.48 bits per heavy atom. The van der Waals surface area contributed by atoms with E-state index >= 15 is 0 Å². The number of hydrogen-bond donors (Lipinski definition) is 0. The van der Waals surface area contributed by atoms with E-state index in [1.165, 1.54) is 11.3 Å². The van der Waals surface area contributed by atoms with Crippen molar-refractivity contribution in [2.45, 2.75) is 6.92 Å². The summed E-state index contributed by atoms with van der Waals surface area (Å²) in [6.45, 7) is 2.04. The highest BCUT2D eigenvalue weighted by molar-refractivity contribution is 7.20. The van der Waals surface area contributed by atoms with Crippen LogP contribution < -0.4 is 0 Å². The van der Waals surface area contributed by atoms with Crippen LogP contribution in [0.2, 0.25) is 0 Å². The Bertz CT molecular complexity index is 1140. The summed E-state index contributed by atoms with van der Waals surface area (Å²) in [6.07, 6.45) is 0. The van der Waals surface area contributed by atoms with E-state index in [9.17, 15) is 0 Å². The number of nitrogens with zero attached hydrogens (tertiary/aromatic N) is 6. The standard InChI is InChI=1S/C16H10N6S/c1-9-6-7-12-13(8-9)21-22(20-12)16-19-14-15(23-16)18-11-5-3-2-4-10(11)17-14/h2-8H,1H3. The van der Waals surface area contributed by atoms with Gasteiger partial charge in [0.15, 0.2) is 10.5 Å². The molecule has 0 radical (unpaired) electrons. The van der Waals surface area contributed by atoms with E-state index in [0.717, 1.165) is 32.5 Å². The Morgan fingerprint density at radius 2 is 1.61 bits per heavy atom. The number of benzene rings is 2. The minimum Gasteiger partial charge on any atom is -0.232 e. The molecule has 0 spiro atoms. The van der Waals surface area contributed by atoms with Crippen LogP contribution in [0, 0.1) is 6.92 Å². The lowest BCUT2D eigenvalue weighted by Gasteiger charge is -1.93. The van der Waals surface area contributed by atoms with E-state index in [1.807, 2.05) is 49.4 Å². The minimum atomic E-state index is 0.626. The van der Waals surface area contributed by atoms with Crippen molar-refractivity contribution in [1.82, 2.24) is 29.9 Å². The number of para-hydroxylation sites is 2. The fraction of sp³-hybridized carbons (Fsp3) is 0.0625. The number of hydrogen-bond acceptors (Lipinski definition) is 6. The first-order chi connectivity index (χ1) is 11.3. The van der Waals surface area contributed by atoms with Gasteiger partial charge in [0.25, 0.3) is 0 Å². The molecule has 110 valence electrons. The predicted octanol–water partition coefficient (Wildman–Crippen LogP) is 3.28. The Hall–Kier alpha value is -2.93. The SMILES string of the molecule is Cc1ccc2nn(-c3nc4nc5ccccc5nc4s3)nc2c1. The number of rotatable bonds is 1. The number of thiazole rings is 1. The Kier molecular flexibility index (Phi) is 2.48. The molecule has 0 unspecified atom stereocenters. The largest absolute Gasteiger partial charge is 0.234 e. The molecular formula is C16H10N6S. The summed E-state index contributed by atoms with van der Waals surface area (Å²) < 4.78 is 0. The molecule has 0 fully saturated rings. The first-order valence-corrected chi connectivity index (χ1v) is 7.95. The highest BCUT2D eigenvalue weighted by Crippen LogP contribution is 2.24. The van der Waals surface area contributed by atoms with Gasteiger partial charge in [0, 0.05) is 0 Å². The van der Waals surface area contributed by atoms with E-state index in [0.29, 0.717) is 10.8 Å². The fourth-order valence-corrected chi connectivity index (χ4v) is 3.31. The first kappa shape index (κ1) is 12.6. The van der Waals surface area contributed by atoms with Gasteiger partial charge >= 0.3 is 0 Å². The van der Waals surface area contributed by atoms with E-state index in [-0.39, 0.29) is 0 Å². The molecule has 0 aliphatic rings. The summed E-state index contributed by atoms with van der Waals surface area (Å²) in [4.78, 5) is 16.1. The maximum atomic E-state index is 4.62. The average Bonchev–Trinajstić information content (AvgIpc) is 3.15. The van der Waals surface area contributed by atoms with Gasteiger partial charge in [-0.2, -0.15) is 4.98 Å². The molecule has 23 heavy (non-hydrogen) atoms. The van der Waals surface area contributed by atoms with E-state index in [4.69, 9.17) is 0 Å². The van der Waals surface area contributed by atoms with Crippen molar-refractivity contribution in [2.24, 2.45) is 0 Å². The molecule has 0 aliphatic carbocycles. The lowest BCUT2D eigenvalue weighted by molar-refractivity contribution is 0.760. The van der Waals surface area contributed by atoms with Crippen molar-refractivity contribution in [3.05, 3.63) is 48.0 Å². The third kappa shape index (κ3) is 1.97. The van der Waals surface area contributed by atoms with E-state index in [1.54, 1.807) is 4.80 Å². The summed E-state index contributed by atoms with van der Waals surface area (Å²) in [7, 11) is 0. The van der Waals surface area contributed by atoms with Crippen molar-refractivity contribution < 1.29 is 0 Å². The van der Waals surface area contributed by atoms with Crippen LogP contribution in [-0.2, 0) is 0 Å². The maximum Gasteiger partial charge on any atom is 0.234 e. The van der Waals surface area contributed by atoms with Gasteiger partial charge < -0.3 is 0 Å². The molecule has 0 N–H and O–H groups in total. The molecule has 5 rings (SSSR count). The molecule has 0 amide bonds. The molecule has 0 bridgehead atoms. The summed E-state index contributed by atoms with van der Waals surface area (Å²) in [5, 5.41) is 9.66. The minimum absolute atomic E-state index is 0.626. The van der Waals surface area contributed by atoms with Crippen LogP contribution in [0.3, 0.4) is 0 Å². The zero-order valence-electron chi connectivity index (χ0n) is 12.1.